The zero-order valence-corrected chi connectivity index (χ0v) is 16.3. The SMILES string of the molecule is CS(=O)(=O)c1ccc(OC2c3ccccc3C[C@@H]2N2CCCC2)c(Cl)c1. The van der Waals surface area contributed by atoms with Gasteiger partial charge in [-0.15, -0.1) is 0 Å². The lowest BCUT2D eigenvalue weighted by molar-refractivity contribution is 0.0941. The Morgan fingerprint density at radius 2 is 1.85 bits per heavy atom. The molecule has 0 N–H and O–H groups in total. The fraction of sp³-hybridized carbons (Fsp3) is 0.400. The van der Waals surface area contributed by atoms with Crippen molar-refractivity contribution in [2.45, 2.75) is 36.3 Å². The second kappa shape index (κ2) is 6.87. The Hall–Kier alpha value is -1.56. The molecular formula is C20H22ClNO3S. The predicted molar refractivity (Wildman–Crippen MR) is 103 cm³/mol. The van der Waals surface area contributed by atoms with Gasteiger partial charge < -0.3 is 4.74 Å². The number of halogens is 1. The van der Waals surface area contributed by atoms with Crippen LogP contribution < -0.4 is 4.74 Å². The van der Waals surface area contributed by atoms with E-state index in [9.17, 15) is 8.42 Å². The molecule has 2 aliphatic rings. The Morgan fingerprint density at radius 3 is 2.54 bits per heavy atom. The van der Waals surface area contributed by atoms with E-state index in [1.54, 1.807) is 12.1 Å². The van der Waals surface area contributed by atoms with Gasteiger partial charge in [-0.1, -0.05) is 35.9 Å². The average Bonchev–Trinajstić information content (AvgIpc) is 3.24. The van der Waals surface area contributed by atoms with Crippen molar-refractivity contribution in [3.63, 3.8) is 0 Å². The third-order valence-corrected chi connectivity index (χ3v) is 6.74. The minimum absolute atomic E-state index is 0.0918. The van der Waals surface area contributed by atoms with Crippen molar-refractivity contribution in [3.8, 4) is 5.75 Å². The summed E-state index contributed by atoms with van der Waals surface area (Å²) in [6.45, 7) is 2.19. The molecule has 0 aromatic heterocycles. The molecule has 4 nitrogen and oxygen atoms in total. The fourth-order valence-electron chi connectivity index (χ4n) is 4.02. The maximum Gasteiger partial charge on any atom is 0.175 e. The van der Waals surface area contributed by atoms with Gasteiger partial charge in [-0.3, -0.25) is 4.90 Å². The monoisotopic (exact) mass is 391 g/mol. The second-order valence-electron chi connectivity index (χ2n) is 7.12. The highest BCUT2D eigenvalue weighted by Crippen LogP contribution is 2.41. The number of sulfone groups is 1. The highest BCUT2D eigenvalue weighted by molar-refractivity contribution is 7.90. The van der Waals surface area contributed by atoms with E-state index in [0.29, 0.717) is 16.8 Å². The Morgan fingerprint density at radius 1 is 1.12 bits per heavy atom. The smallest absolute Gasteiger partial charge is 0.175 e. The number of hydrogen-bond donors (Lipinski definition) is 0. The molecule has 0 bridgehead atoms. The van der Waals surface area contributed by atoms with Crippen LogP contribution in [0.5, 0.6) is 5.75 Å². The molecule has 2 aromatic rings. The number of fused-ring (bicyclic) bond motifs is 1. The molecule has 1 saturated heterocycles. The Kier molecular flexibility index (Phi) is 4.71. The van der Waals surface area contributed by atoms with Crippen LogP contribution in [0.1, 0.15) is 30.1 Å². The summed E-state index contributed by atoms with van der Waals surface area (Å²) in [4.78, 5) is 2.71. The zero-order chi connectivity index (χ0) is 18.3. The predicted octanol–water partition coefficient (Wildman–Crippen LogP) is 3.88. The topological polar surface area (TPSA) is 46.6 Å². The third-order valence-electron chi connectivity index (χ3n) is 5.34. The van der Waals surface area contributed by atoms with Gasteiger partial charge in [-0.2, -0.15) is 0 Å². The summed E-state index contributed by atoms with van der Waals surface area (Å²) in [5, 5.41) is 0.331. The molecule has 0 amide bonds. The van der Waals surface area contributed by atoms with Crippen molar-refractivity contribution in [1.29, 1.82) is 0 Å². The van der Waals surface area contributed by atoms with Crippen molar-refractivity contribution in [3.05, 3.63) is 58.6 Å². The summed E-state index contributed by atoms with van der Waals surface area (Å²) in [7, 11) is -3.29. The Balaban J connectivity index is 1.66. The van der Waals surface area contributed by atoms with Gasteiger partial charge in [-0.25, -0.2) is 8.42 Å². The summed E-state index contributed by atoms with van der Waals surface area (Å²) >= 11 is 6.35. The van der Waals surface area contributed by atoms with Gasteiger partial charge in [0.2, 0.25) is 0 Å². The fourth-order valence-corrected chi connectivity index (χ4v) is 4.95. The highest BCUT2D eigenvalue weighted by Gasteiger charge is 2.39. The average molecular weight is 392 g/mol. The summed E-state index contributed by atoms with van der Waals surface area (Å²) in [6.07, 6.45) is 4.51. The van der Waals surface area contributed by atoms with Gasteiger partial charge in [0.1, 0.15) is 11.9 Å². The van der Waals surface area contributed by atoms with E-state index < -0.39 is 9.84 Å². The first-order chi connectivity index (χ1) is 12.4. The molecule has 138 valence electrons. The van der Waals surface area contributed by atoms with Gasteiger partial charge in [0.25, 0.3) is 0 Å². The summed E-state index contributed by atoms with van der Waals surface area (Å²) in [6, 6.07) is 13.4. The molecular weight excluding hydrogens is 370 g/mol. The van der Waals surface area contributed by atoms with E-state index in [1.807, 2.05) is 6.07 Å². The number of ether oxygens (including phenoxy) is 1. The first-order valence-electron chi connectivity index (χ1n) is 8.91. The molecule has 0 spiro atoms. The molecule has 0 saturated carbocycles. The maximum atomic E-state index is 11.7. The number of likely N-dealkylation sites (tertiary alicyclic amines) is 1. The molecule has 6 heteroatoms. The Bertz CT molecular complexity index is 922. The zero-order valence-electron chi connectivity index (χ0n) is 14.7. The number of hydrogen-bond acceptors (Lipinski definition) is 4. The van der Waals surface area contributed by atoms with Crippen LogP contribution in [0, 0.1) is 0 Å². The van der Waals surface area contributed by atoms with Crippen LogP contribution in [0.4, 0.5) is 0 Å². The van der Waals surface area contributed by atoms with Crippen LogP contribution in [0.3, 0.4) is 0 Å². The van der Waals surface area contributed by atoms with Gasteiger partial charge in [0.05, 0.1) is 16.0 Å². The standard InChI is InChI=1S/C20H22ClNO3S/c1-26(23,24)15-8-9-19(17(21)13-15)25-20-16-7-3-2-6-14(16)12-18(20)22-10-4-5-11-22/h2-3,6-9,13,18,20H,4-5,10-12H2,1H3/t18-,20?/m0/s1. The van der Waals surface area contributed by atoms with E-state index in [4.69, 9.17) is 16.3 Å². The van der Waals surface area contributed by atoms with Crippen LogP contribution in [-0.2, 0) is 16.3 Å². The Labute approximate surface area is 159 Å². The molecule has 26 heavy (non-hydrogen) atoms. The lowest BCUT2D eigenvalue weighted by atomic mass is 10.1. The molecule has 4 rings (SSSR count). The van der Waals surface area contributed by atoms with Crippen molar-refractivity contribution < 1.29 is 13.2 Å². The number of benzene rings is 2. The number of nitrogens with zero attached hydrogens (tertiary/aromatic N) is 1. The molecule has 1 aliphatic carbocycles. The molecule has 0 radical (unpaired) electrons. The quantitative estimate of drug-likeness (QED) is 0.793. The van der Waals surface area contributed by atoms with Crippen LogP contribution in [0.15, 0.2) is 47.4 Å². The van der Waals surface area contributed by atoms with E-state index in [-0.39, 0.29) is 11.0 Å². The van der Waals surface area contributed by atoms with Crippen molar-refractivity contribution >= 4 is 21.4 Å². The van der Waals surface area contributed by atoms with E-state index in [2.05, 4.69) is 23.1 Å². The summed E-state index contributed by atoms with van der Waals surface area (Å²) in [5.74, 6) is 0.532. The minimum Gasteiger partial charge on any atom is -0.482 e. The van der Waals surface area contributed by atoms with Crippen LogP contribution in [-0.4, -0.2) is 38.7 Å². The maximum absolute atomic E-state index is 11.7. The van der Waals surface area contributed by atoms with Crippen molar-refractivity contribution in [2.24, 2.45) is 0 Å². The van der Waals surface area contributed by atoms with Crippen molar-refractivity contribution in [2.75, 3.05) is 19.3 Å². The van der Waals surface area contributed by atoms with Crippen LogP contribution >= 0.6 is 11.6 Å². The highest BCUT2D eigenvalue weighted by atomic mass is 35.5. The third kappa shape index (κ3) is 3.36. The van der Waals surface area contributed by atoms with Gasteiger partial charge in [0, 0.05) is 6.26 Å². The molecule has 2 aromatic carbocycles. The lowest BCUT2D eigenvalue weighted by Gasteiger charge is -2.30. The second-order valence-corrected chi connectivity index (χ2v) is 9.54. The first-order valence-corrected chi connectivity index (χ1v) is 11.2. The minimum atomic E-state index is -3.29. The number of rotatable bonds is 4. The largest absolute Gasteiger partial charge is 0.482 e. The van der Waals surface area contributed by atoms with Crippen LogP contribution in [0.25, 0.3) is 0 Å². The first kappa shape index (κ1) is 17.8. The normalized spacial score (nSPS) is 23.2. The van der Waals surface area contributed by atoms with E-state index in [1.165, 1.54) is 36.3 Å². The molecule has 1 heterocycles. The van der Waals surface area contributed by atoms with E-state index >= 15 is 0 Å². The van der Waals surface area contributed by atoms with E-state index in [0.717, 1.165) is 19.5 Å². The van der Waals surface area contributed by atoms with Gasteiger partial charge in [0.15, 0.2) is 9.84 Å². The van der Waals surface area contributed by atoms with Gasteiger partial charge in [-0.05, 0) is 61.7 Å². The summed E-state index contributed by atoms with van der Waals surface area (Å²) in [5.41, 5.74) is 2.52. The molecule has 2 atom stereocenters. The molecule has 1 unspecified atom stereocenters. The lowest BCUT2D eigenvalue weighted by Crippen LogP contribution is -2.38. The van der Waals surface area contributed by atoms with Crippen molar-refractivity contribution in [1.82, 2.24) is 4.90 Å². The molecule has 1 aliphatic heterocycles. The molecule has 1 fully saturated rings. The summed E-state index contributed by atoms with van der Waals surface area (Å²) < 4.78 is 29.8. The van der Waals surface area contributed by atoms with Crippen LogP contribution in [0.2, 0.25) is 5.02 Å². The van der Waals surface area contributed by atoms with Gasteiger partial charge >= 0.3 is 0 Å².